The minimum Gasteiger partial charge on any atom is -0.308 e. The number of rotatable bonds is 4. The first kappa shape index (κ1) is 20.1. The average molecular weight is 414 g/mol. The summed E-state index contributed by atoms with van der Waals surface area (Å²) in [5, 5.41) is 10.2. The summed E-state index contributed by atoms with van der Waals surface area (Å²) in [6.45, 7) is 5.72. The molecule has 0 fully saturated rings. The Morgan fingerprint density at radius 1 is 0.935 bits per heavy atom. The van der Waals surface area contributed by atoms with Crippen molar-refractivity contribution in [1.29, 1.82) is 0 Å². The van der Waals surface area contributed by atoms with Crippen LogP contribution in [0.25, 0.3) is 17.2 Å². The Balaban J connectivity index is 1.69. The van der Waals surface area contributed by atoms with Crippen molar-refractivity contribution in [3.63, 3.8) is 0 Å². The van der Waals surface area contributed by atoms with Gasteiger partial charge in [-0.15, -0.1) is 0 Å². The Hall–Kier alpha value is -4.20. The molecule has 0 saturated carbocycles. The number of carbonyl (C=O) groups excluding carboxylic acids is 1. The van der Waals surface area contributed by atoms with E-state index in [0.717, 1.165) is 16.7 Å². The van der Waals surface area contributed by atoms with Gasteiger partial charge in [-0.05, 0) is 44.0 Å². The topological polar surface area (TPSA) is 105 Å². The molecule has 2 heterocycles. The molecule has 0 radical (unpaired) electrons. The number of benzene rings is 2. The number of aryl methyl sites for hydroxylation is 3. The monoisotopic (exact) mass is 414 g/mol. The molecule has 0 aliphatic carbocycles. The Kier molecular flexibility index (Phi) is 5.36. The van der Waals surface area contributed by atoms with Gasteiger partial charge in [0.15, 0.2) is 0 Å². The predicted octanol–water partition coefficient (Wildman–Crippen LogP) is 4.19. The molecule has 0 atom stereocenters. The van der Waals surface area contributed by atoms with Crippen molar-refractivity contribution in [3.8, 4) is 17.2 Å². The number of H-pyrrole nitrogens is 1. The van der Waals surface area contributed by atoms with Crippen LogP contribution in [0.5, 0.6) is 0 Å². The van der Waals surface area contributed by atoms with Gasteiger partial charge in [0.1, 0.15) is 5.82 Å². The molecule has 0 spiro atoms. The van der Waals surface area contributed by atoms with Crippen LogP contribution in [0.3, 0.4) is 0 Å². The van der Waals surface area contributed by atoms with E-state index in [4.69, 9.17) is 0 Å². The van der Waals surface area contributed by atoms with Crippen LogP contribution in [-0.4, -0.2) is 25.8 Å². The largest absolute Gasteiger partial charge is 0.324 e. The van der Waals surface area contributed by atoms with Gasteiger partial charge in [-0.2, -0.15) is 9.78 Å². The number of anilines is 2. The molecule has 156 valence electrons. The maximum Gasteiger partial charge on any atom is 0.324 e. The first-order valence-corrected chi connectivity index (χ1v) is 9.78. The zero-order valence-electron chi connectivity index (χ0n) is 17.4. The van der Waals surface area contributed by atoms with Gasteiger partial charge < -0.3 is 5.32 Å². The van der Waals surface area contributed by atoms with E-state index < -0.39 is 6.03 Å². The van der Waals surface area contributed by atoms with Gasteiger partial charge in [-0.1, -0.05) is 36.4 Å². The fourth-order valence-electron chi connectivity index (χ4n) is 3.14. The van der Waals surface area contributed by atoms with Crippen LogP contribution in [-0.2, 0) is 0 Å². The smallest absolute Gasteiger partial charge is 0.308 e. The number of hydrogen-bond acceptors (Lipinski definition) is 4. The van der Waals surface area contributed by atoms with Crippen molar-refractivity contribution in [2.24, 2.45) is 0 Å². The summed E-state index contributed by atoms with van der Waals surface area (Å²) < 4.78 is 1.41. The lowest BCUT2D eigenvalue weighted by Crippen LogP contribution is -2.22. The maximum atomic E-state index is 12.7. The van der Waals surface area contributed by atoms with Crippen molar-refractivity contribution >= 4 is 17.5 Å². The van der Waals surface area contributed by atoms with E-state index in [1.165, 1.54) is 10.7 Å². The van der Waals surface area contributed by atoms with Gasteiger partial charge in [-0.25, -0.2) is 9.78 Å². The van der Waals surface area contributed by atoms with E-state index in [2.05, 4.69) is 25.7 Å². The molecule has 8 nitrogen and oxygen atoms in total. The lowest BCUT2D eigenvalue weighted by molar-refractivity contribution is 0.262. The third kappa shape index (κ3) is 4.53. The first-order valence-electron chi connectivity index (χ1n) is 9.78. The molecule has 31 heavy (non-hydrogen) atoms. The van der Waals surface area contributed by atoms with Crippen LogP contribution < -0.4 is 16.2 Å². The minimum atomic E-state index is -0.431. The van der Waals surface area contributed by atoms with Gasteiger partial charge >= 0.3 is 6.03 Å². The van der Waals surface area contributed by atoms with Crippen LogP contribution >= 0.6 is 0 Å². The second-order valence-electron chi connectivity index (χ2n) is 7.28. The van der Waals surface area contributed by atoms with Gasteiger partial charge in [-0.3, -0.25) is 15.1 Å². The molecule has 0 bridgehead atoms. The zero-order valence-corrected chi connectivity index (χ0v) is 17.4. The SMILES string of the molecule is Cc1cc(=O)[nH]c(-n2nc(-c3ccccc3)cc2NC(=O)Nc2ccc(C)c(C)c2)n1. The Labute approximate surface area is 179 Å². The van der Waals surface area contributed by atoms with Crippen LogP contribution in [0.4, 0.5) is 16.3 Å². The number of carbonyl (C=O) groups is 1. The summed E-state index contributed by atoms with van der Waals surface area (Å²) in [6, 6.07) is 17.9. The predicted molar refractivity (Wildman–Crippen MR) is 121 cm³/mol. The van der Waals surface area contributed by atoms with E-state index in [-0.39, 0.29) is 11.5 Å². The third-order valence-corrected chi connectivity index (χ3v) is 4.84. The van der Waals surface area contributed by atoms with Crippen molar-refractivity contribution in [2.75, 3.05) is 10.6 Å². The van der Waals surface area contributed by atoms with Gasteiger partial charge in [0.25, 0.3) is 5.56 Å². The number of nitrogens with zero attached hydrogens (tertiary/aromatic N) is 3. The van der Waals surface area contributed by atoms with Crippen LogP contribution in [0.15, 0.2) is 65.5 Å². The number of aromatic amines is 1. The summed E-state index contributed by atoms with van der Waals surface area (Å²) in [6.07, 6.45) is 0. The van der Waals surface area contributed by atoms with Crippen LogP contribution in [0, 0.1) is 20.8 Å². The standard InChI is InChI=1S/C23H22N6O2/c1-14-9-10-18(11-15(14)2)25-23(31)26-20-13-19(17-7-5-4-6-8-17)28-29(20)22-24-16(3)12-21(30)27-22/h4-13H,1-3H3,(H,24,27,30)(H2,25,26,31). The Morgan fingerprint density at radius 3 is 2.42 bits per heavy atom. The highest BCUT2D eigenvalue weighted by atomic mass is 16.2. The molecule has 4 aromatic rings. The molecule has 0 unspecified atom stereocenters. The number of nitrogens with one attached hydrogen (secondary N) is 3. The normalized spacial score (nSPS) is 10.7. The van der Waals surface area contributed by atoms with E-state index in [0.29, 0.717) is 22.9 Å². The molecule has 8 heteroatoms. The molecular weight excluding hydrogens is 392 g/mol. The van der Waals surface area contributed by atoms with Gasteiger partial charge in [0.05, 0.1) is 5.69 Å². The minimum absolute atomic E-state index is 0.216. The average Bonchev–Trinajstić information content (AvgIpc) is 3.14. The number of hydrogen-bond donors (Lipinski definition) is 3. The summed E-state index contributed by atoms with van der Waals surface area (Å²) >= 11 is 0. The van der Waals surface area contributed by atoms with Gasteiger partial charge in [0, 0.05) is 29.1 Å². The lowest BCUT2D eigenvalue weighted by Gasteiger charge is -2.10. The van der Waals surface area contributed by atoms with Crippen LogP contribution in [0.2, 0.25) is 0 Å². The molecular formula is C23H22N6O2. The molecule has 3 N–H and O–H groups in total. The van der Waals surface area contributed by atoms with Crippen molar-refractivity contribution < 1.29 is 4.79 Å². The number of aromatic nitrogens is 4. The fraction of sp³-hybridized carbons (Fsp3) is 0.130. The highest BCUT2D eigenvalue weighted by Crippen LogP contribution is 2.24. The second-order valence-corrected chi connectivity index (χ2v) is 7.28. The second kappa shape index (κ2) is 8.27. The highest BCUT2D eigenvalue weighted by molar-refractivity contribution is 5.99. The summed E-state index contributed by atoms with van der Waals surface area (Å²) in [7, 11) is 0. The quantitative estimate of drug-likeness (QED) is 0.466. The van der Waals surface area contributed by atoms with Crippen LogP contribution in [0.1, 0.15) is 16.8 Å². The van der Waals surface area contributed by atoms with E-state index in [1.807, 2.05) is 62.4 Å². The molecule has 2 aromatic heterocycles. The molecule has 0 saturated heterocycles. The molecule has 0 aliphatic rings. The molecule has 2 aromatic carbocycles. The van der Waals surface area contributed by atoms with E-state index in [1.54, 1.807) is 13.0 Å². The van der Waals surface area contributed by atoms with E-state index in [9.17, 15) is 9.59 Å². The van der Waals surface area contributed by atoms with Crippen molar-refractivity contribution in [1.82, 2.24) is 19.7 Å². The first-order chi connectivity index (χ1) is 14.9. The van der Waals surface area contributed by atoms with Crippen molar-refractivity contribution in [3.05, 3.63) is 87.8 Å². The fourth-order valence-corrected chi connectivity index (χ4v) is 3.14. The number of urea groups is 1. The van der Waals surface area contributed by atoms with Gasteiger partial charge in [0.2, 0.25) is 5.95 Å². The van der Waals surface area contributed by atoms with Crippen molar-refractivity contribution in [2.45, 2.75) is 20.8 Å². The molecule has 0 aliphatic heterocycles. The summed E-state index contributed by atoms with van der Waals surface area (Å²) in [5.41, 5.74) is 4.64. The summed E-state index contributed by atoms with van der Waals surface area (Å²) in [5.74, 6) is 0.586. The van der Waals surface area contributed by atoms with E-state index >= 15 is 0 Å². The summed E-state index contributed by atoms with van der Waals surface area (Å²) in [4.78, 5) is 31.7. The number of amides is 2. The molecule has 2 amide bonds. The highest BCUT2D eigenvalue weighted by Gasteiger charge is 2.16. The Bertz CT molecular complexity index is 1310. The third-order valence-electron chi connectivity index (χ3n) is 4.84. The lowest BCUT2D eigenvalue weighted by atomic mass is 10.1. The molecule has 4 rings (SSSR count). The zero-order chi connectivity index (χ0) is 22.0. The maximum absolute atomic E-state index is 12.7. The Morgan fingerprint density at radius 2 is 1.71 bits per heavy atom.